The van der Waals surface area contributed by atoms with E-state index in [0.717, 1.165) is 17.6 Å². The minimum absolute atomic E-state index is 0.0722. The highest BCUT2D eigenvalue weighted by atomic mass is 16.4. The molecule has 16 heavy (non-hydrogen) atoms. The van der Waals surface area contributed by atoms with Crippen molar-refractivity contribution in [3.05, 3.63) is 53.8 Å². The Bertz CT molecular complexity index is 441. The van der Waals surface area contributed by atoms with E-state index in [1.807, 2.05) is 30.3 Å². The van der Waals surface area contributed by atoms with E-state index in [-0.39, 0.29) is 11.8 Å². The van der Waals surface area contributed by atoms with Gasteiger partial charge in [0.2, 0.25) is 0 Å². The van der Waals surface area contributed by atoms with Gasteiger partial charge < -0.3 is 5.11 Å². The molecule has 1 fully saturated rings. The molecule has 0 bridgehead atoms. The molecule has 2 nitrogen and oxygen atoms in total. The first kappa shape index (κ1) is 10.7. The van der Waals surface area contributed by atoms with Gasteiger partial charge in [-0.15, -0.1) is 5.73 Å². The number of carboxylic acid groups (broad SMARTS) is 1. The van der Waals surface area contributed by atoms with Crippen LogP contribution in [0.1, 0.15) is 24.3 Å². The molecule has 0 heterocycles. The number of aliphatic carboxylic acids is 1. The largest absolute Gasteiger partial charge is 0.481 e. The molecule has 2 atom stereocenters. The fourth-order valence-corrected chi connectivity index (χ4v) is 2.35. The summed E-state index contributed by atoms with van der Waals surface area (Å²) in [5.74, 6) is -0.978. The first-order chi connectivity index (χ1) is 7.72. The summed E-state index contributed by atoms with van der Waals surface area (Å²) in [7, 11) is 0. The molecule has 0 saturated heterocycles. The van der Waals surface area contributed by atoms with Gasteiger partial charge in [-0.25, -0.2) is 0 Å². The van der Waals surface area contributed by atoms with Gasteiger partial charge >= 0.3 is 5.97 Å². The van der Waals surface area contributed by atoms with E-state index in [9.17, 15) is 9.90 Å². The average molecular weight is 214 g/mol. The van der Waals surface area contributed by atoms with Crippen molar-refractivity contribution in [1.29, 1.82) is 0 Å². The number of rotatable bonds is 2. The second kappa shape index (κ2) is 4.38. The van der Waals surface area contributed by atoms with Gasteiger partial charge in [0.05, 0.1) is 5.92 Å². The predicted molar refractivity (Wildman–Crippen MR) is 62.2 cm³/mol. The van der Waals surface area contributed by atoms with Crippen molar-refractivity contribution in [2.45, 2.75) is 18.8 Å². The summed E-state index contributed by atoms with van der Waals surface area (Å²) in [6.07, 6.45) is 1.35. The predicted octanol–water partition coefficient (Wildman–Crippen LogP) is 2.98. The normalized spacial score (nSPS) is 24.1. The zero-order chi connectivity index (χ0) is 11.5. The summed E-state index contributed by atoms with van der Waals surface area (Å²) in [6, 6.07) is 9.82. The van der Waals surface area contributed by atoms with Crippen LogP contribution in [0.2, 0.25) is 0 Å². The number of allylic oxidation sites excluding steroid dienone is 1. The zero-order valence-corrected chi connectivity index (χ0v) is 9.02. The van der Waals surface area contributed by atoms with Crippen molar-refractivity contribution in [3.63, 3.8) is 0 Å². The summed E-state index contributed by atoms with van der Waals surface area (Å²) in [5.41, 5.74) is 4.98. The second-order valence-electron chi connectivity index (χ2n) is 4.15. The van der Waals surface area contributed by atoms with Crippen LogP contribution in [0.15, 0.2) is 48.2 Å². The number of carboxylic acids is 1. The maximum absolute atomic E-state index is 11.2. The number of benzene rings is 1. The fraction of sp³-hybridized carbons (Fsp3) is 0.286. The first-order valence-corrected chi connectivity index (χ1v) is 5.38. The lowest BCUT2D eigenvalue weighted by molar-refractivity contribution is -0.141. The van der Waals surface area contributed by atoms with E-state index >= 15 is 0 Å². The van der Waals surface area contributed by atoms with Crippen LogP contribution in [-0.4, -0.2) is 11.1 Å². The molecule has 0 aromatic heterocycles. The smallest absolute Gasteiger partial charge is 0.307 e. The fourth-order valence-electron chi connectivity index (χ4n) is 2.35. The van der Waals surface area contributed by atoms with Crippen LogP contribution in [0.3, 0.4) is 0 Å². The van der Waals surface area contributed by atoms with Gasteiger partial charge in [0.15, 0.2) is 0 Å². The SMILES string of the molecule is C=C=C1C[C@H](C(=O)O)[C@@H](c2ccccc2)C1. The Morgan fingerprint density at radius 2 is 2.00 bits per heavy atom. The van der Waals surface area contributed by atoms with Crippen molar-refractivity contribution < 1.29 is 9.90 Å². The van der Waals surface area contributed by atoms with Crippen LogP contribution >= 0.6 is 0 Å². The number of carbonyl (C=O) groups is 1. The molecule has 1 N–H and O–H groups in total. The van der Waals surface area contributed by atoms with Gasteiger partial charge in [0.25, 0.3) is 0 Å². The minimum Gasteiger partial charge on any atom is -0.481 e. The van der Waals surface area contributed by atoms with Crippen molar-refractivity contribution in [3.8, 4) is 0 Å². The lowest BCUT2D eigenvalue weighted by atomic mass is 9.89. The molecule has 1 aliphatic rings. The standard InChI is InChI=1S/C14H14O2/c1-2-10-8-12(13(9-10)14(15)16)11-6-4-3-5-7-11/h3-7,12-13H,1,8-9H2,(H,15,16)/t12-,13+/m1/s1. The number of hydrogen-bond donors (Lipinski definition) is 1. The summed E-state index contributed by atoms with van der Waals surface area (Å²) in [5, 5.41) is 9.20. The molecule has 0 amide bonds. The Hall–Kier alpha value is -1.79. The van der Waals surface area contributed by atoms with Gasteiger partial charge in [-0.1, -0.05) is 36.9 Å². The van der Waals surface area contributed by atoms with E-state index in [1.54, 1.807) is 0 Å². The molecular formula is C14H14O2. The van der Waals surface area contributed by atoms with Crippen LogP contribution < -0.4 is 0 Å². The molecule has 1 aromatic carbocycles. The Kier molecular flexibility index (Phi) is 2.93. The monoisotopic (exact) mass is 214 g/mol. The van der Waals surface area contributed by atoms with Crippen LogP contribution in [0, 0.1) is 5.92 Å². The van der Waals surface area contributed by atoms with Gasteiger partial charge in [-0.3, -0.25) is 4.79 Å². The topological polar surface area (TPSA) is 37.3 Å². The summed E-state index contributed by atoms with van der Waals surface area (Å²) < 4.78 is 0. The summed E-state index contributed by atoms with van der Waals surface area (Å²) >= 11 is 0. The Labute approximate surface area is 94.9 Å². The molecule has 0 aliphatic heterocycles. The van der Waals surface area contributed by atoms with Crippen molar-refractivity contribution in [2.24, 2.45) is 5.92 Å². The third kappa shape index (κ3) is 1.93. The Balaban J connectivity index is 2.33. The van der Waals surface area contributed by atoms with Gasteiger partial charge in [0, 0.05) is 5.92 Å². The van der Waals surface area contributed by atoms with E-state index in [2.05, 4.69) is 12.3 Å². The van der Waals surface area contributed by atoms with Gasteiger partial charge in [-0.2, -0.15) is 0 Å². The number of hydrogen-bond acceptors (Lipinski definition) is 1. The lowest BCUT2D eigenvalue weighted by Crippen LogP contribution is -2.16. The quantitative estimate of drug-likeness (QED) is 0.768. The van der Waals surface area contributed by atoms with Crippen molar-refractivity contribution in [1.82, 2.24) is 0 Å². The Morgan fingerprint density at radius 1 is 1.31 bits per heavy atom. The maximum Gasteiger partial charge on any atom is 0.307 e. The van der Waals surface area contributed by atoms with E-state index < -0.39 is 5.97 Å². The van der Waals surface area contributed by atoms with Crippen LogP contribution in [0.5, 0.6) is 0 Å². The molecule has 0 unspecified atom stereocenters. The zero-order valence-electron chi connectivity index (χ0n) is 9.02. The molecule has 1 aliphatic carbocycles. The van der Waals surface area contributed by atoms with Gasteiger partial charge in [-0.05, 0) is 24.0 Å². The highest BCUT2D eigenvalue weighted by Crippen LogP contribution is 2.42. The lowest BCUT2D eigenvalue weighted by Gasteiger charge is -2.15. The molecular weight excluding hydrogens is 200 g/mol. The molecule has 1 saturated carbocycles. The third-order valence-corrected chi connectivity index (χ3v) is 3.21. The van der Waals surface area contributed by atoms with Crippen LogP contribution in [0.4, 0.5) is 0 Å². The summed E-state index contributed by atoms with van der Waals surface area (Å²) in [4.78, 5) is 11.2. The van der Waals surface area contributed by atoms with Crippen molar-refractivity contribution in [2.75, 3.05) is 0 Å². The van der Waals surface area contributed by atoms with Crippen molar-refractivity contribution >= 4 is 5.97 Å². The molecule has 2 rings (SSSR count). The Morgan fingerprint density at radius 3 is 2.56 bits per heavy atom. The molecule has 0 radical (unpaired) electrons. The highest BCUT2D eigenvalue weighted by molar-refractivity contribution is 5.73. The molecule has 1 aromatic rings. The van der Waals surface area contributed by atoms with Crippen LogP contribution in [-0.2, 0) is 4.79 Å². The minimum atomic E-state index is -0.723. The molecule has 2 heteroatoms. The molecule has 82 valence electrons. The molecule has 0 spiro atoms. The van der Waals surface area contributed by atoms with Crippen LogP contribution in [0.25, 0.3) is 0 Å². The second-order valence-corrected chi connectivity index (χ2v) is 4.15. The van der Waals surface area contributed by atoms with Gasteiger partial charge in [0.1, 0.15) is 0 Å². The third-order valence-electron chi connectivity index (χ3n) is 3.21. The van der Waals surface area contributed by atoms with E-state index in [0.29, 0.717) is 6.42 Å². The van der Waals surface area contributed by atoms with E-state index in [1.165, 1.54) is 0 Å². The average Bonchev–Trinajstić information content (AvgIpc) is 2.74. The van der Waals surface area contributed by atoms with E-state index in [4.69, 9.17) is 0 Å². The summed E-state index contributed by atoms with van der Waals surface area (Å²) in [6.45, 7) is 3.61. The first-order valence-electron chi connectivity index (χ1n) is 5.38. The highest BCUT2D eigenvalue weighted by Gasteiger charge is 2.36. The maximum atomic E-state index is 11.2.